The van der Waals surface area contributed by atoms with Gasteiger partial charge in [-0.25, -0.2) is 0 Å². The van der Waals surface area contributed by atoms with E-state index in [9.17, 15) is 9.59 Å². The first kappa shape index (κ1) is 7.58. The molecule has 66 valence electrons. The number of ether oxygens (including phenoxy) is 2. The maximum absolute atomic E-state index is 10.9. The lowest BCUT2D eigenvalue weighted by Gasteiger charge is -2.32. The average Bonchev–Trinajstić information content (AvgIpc) is 2.24. The Bertz CT molecular complexity index is 247. The van der Waals surface area contributed by atoms with Crippen LogP contribution in [0, 0.1) is 0 Å². The highest BCUT2D eigenvalue weighted by Crippen LogP contribution is 2.36. The molecular formula is C8H10O4. The molecule has 0 bridgehead atoms. The van der Waals surface area contributed by atoms with Gasteiger partial charge in [0, 0.05) is 12.8 Å². The second-order valence-corrected chi connectivity index (χ2v) is 3.47. The van der Waals surface area contributed by atoms with Crippen molar-refractivity contribution < 1.29 is 19.1 Å². The van der Waals surface area contributed by atoms with E-state index in [4.69, 9.17) is 9.47 Å². The van der Waals surface area contributed by atoms with Crippen LogP contribution in [0.25, 0.3) is 0 Å². The molecule has 2 rings (SSSR count). The van der Waals surface area contributed by atoms with Crippen LogP contribution in [-0.4, -0.2) is 23.6 Å². The zero-order valence-corrected chi connectivity index (χ0v) is 6.83. The highest BCUT2D eigenvalue weighted by atomic mass is 16.6. The topological polar surface area (TPSA) is 52.6 Å². The van der Waals surface area contributed by atoms with Crippen LogP contribution in [-0.2, 0) is 19.1 Å². The van der Waals surface area contributed by atoms with Crippen LogP contribution >= 0.6 is 0 Å². The minimum atomic E-state index is -0.551. The lowest BCUT2D eigenvalue weighted by atomic mass is 9.91. The highest BCUT2D eigenvalue weighted by molar-refractivity contribution is 5.77. The minimum Gasteiger partial charge on any atom is -0.457 e. The molecule has 12 heavy (non-hydrogen) atoms. The molecule has 0 radical (unpaired) electrons. The molecular weight excluding hydrogens is 160 g/mol. The Morgan fingerprint density at radius 1 is 1.42 bits per heavy atom. The van der Waals surface area contributed by atoms with Crippen LogP contribution in [0.2, 0.25) is 0 Å². The highest BCUT2D eigenvalue weighted by Gasteiger charge is 2.50. The Kier molecular flexibility index (Phi) is 1.40. The van der Waals surface area contributed by atoms with E-state index < -0.39 is 5.60 Å². The molecule has 0 aromatic heterocycles. The molecule has 0 unspecified atom stereocenters. The normalized spacial score (nSPS) is 40.2. The van der Waals surface area contributed by atoms with Crippen molar-refractivity contribution in [2.75, 3.05) is 0 Å². The van der Waals surface area contributed by atoms with E-state index in [1.54, 1.807) is 0 Å². The van der Waals surface area contributed by atoms with Crippen molar-refractivity contribution in [2.45, 2.75) is 37.9 Å². The summed E-state index contributed by atoms with van der Waals surface area (Å²) in [5.41, 5.74) is -0.551. The number of fused-ring (bicyclic) bond motifs is 1. The Balaban J connectivity index is 2.20. The molecule has 0 spiro atoms. The fourth-order valence-corrected chi connectivity index (χ4v) is 1.68. The molecule has 2 heterocycles. The van der Waals surface area contributed by atoms with E-state index in [0.29, 0.717) is 12.8 Å². The average molecular weight is 170 g/mol. The molecule has 0 amide bonds. The molecule has 2 aliphatic heterocycles. The zero-order chi connectivity index (χ0) is 8.77. The van der Waals surface area contributed by atoms with Gasteiger partial charge in [-0.05, 0) is 6.92 Å². The number of rotatable bonds is 0. The van der Waals surface area contributed by atoms with Gasteiger partial charge < -0.3 is 9.47 Å². The van der Waals surface area contributed by atoms with Crippen LogP contribution in [0.15, 0.2) is 0 Å². The molecule has 2 fully saturated rings. The number of hydrogen-bond acceptors (Lipinski definition) is 4. The number of hydrogen-bond donors (Lipinski definition) is 0. The van der Waals surface area contributed by atoms with Crippen molar-refractivity contribution in [1.82, 2.24) is 0 Å². The van der Waals surface area contributed by atoms with E-state index in [1.807, 2.05) is 6.92 Å². The second-order valence-electron chi connectivity index (χ2n) is 3.47. The first-order valence-electron chi connectivity index (χ1n) is 4.01. The van der Waals surface area contributed by atoms with Crippen molar-refractivity contribution >= 4 is 11.9 Å². The molecule has 0 N–H and O–H groups in total. The molecule has 0 aromatic carbocycles. The lowest BCUT2D eigenvalue weighted by molar-refractivity contribution is -0.174. The molecule has 4 nitrogen and oxygen atoms in total. The van der Waals surface area contributed by atoms with Gasteiger partial charge in [-0.15, -0.1) is 0 Å². The zero-order valence-electron chi connectivity index (χ0n) is 6.83. The fourth-order valence-electron chi connectivity index (χ4n) is 1.68. The smallest absolute Gasteiger partial charge is 0.310 e. The third-order valence-corrected chi connectivity index (χ3v) is 2.48. The predicted molar refractivity (Wildman–Crippen MR) is 38.2 cm³/mol. The van der Waals surface area contributed by atoms with E-state index in [0.717, 1.165) is 0 Å². The van der Waals surface area contributed by atoms with Gasteiger partial charge in [0.25, 0.3) is 0 Å². The van der Waals surface area contributed by atoms with E-state index in [1.165, 1.54) is 0 Å². The van der Waals surface area contributed by atoms with Crippen LogP contribution in [0.4, 0.5) is 0 Å². The molecule has 2 saturated heterocycles. The van der Waals surface area contributed by atoms with Gasteiger partial charge in [0.15, 0.2) is 6.10 Å². The summed E-state index contributed by atoms with van der Waals surface area (Å²) < 4.78 is 10.1. The van der Waals surface area contributed by atoms with Crippen molar-refractivity contribution in [2.24, 2.45) is 0 Å². The summed E-state index contributed by atoms with van der Waals surface area (Å²) in [6.07, 6.45) is 0.788. The summed E-state index contributed by atoms with van der Waals surface area (Å²) in [6, 6.07) is 0. The predicted octanol–water partition coefficient (Wildman–Crippen LogP) is 0.398. The third kappa shape index (κ3) is 0.983. The Labute approximate surface area is 69.8 Å². The van der Waals surface area contributed by atoms with Gasteiger partial charge in [-0.3, -0.25) is 9.59 Å². The quantitative estimate of drug-likeness (QED) is 0.494. The number of carbonyl (C=O) groups excluding carboxylic acids is 2. The van der Waals surface area contributed by atoms with Crippen LogP contribution in [0.1, 0.15) is 26.2 Å². The maximum Gasteiger partial charge on any atom is 0.310 e. The SMILES string of the molecule is C[C@]12CCC(=O)O[C@H]1CC(=O)O2. The second kappa shape index (κ2) is 2.21. The maximum atomic E-state index is 10.9. The first-order valence-corrected chi connectivity index (χ1v) is 4.01. The largest absolute Gasteiger partial charge is 0.457 e. The fraction of sp³-hybridized carbons (Fsp3) is 0.750. The summed E-state index contributed by atoms with van der Waals surface area (Å²) in [5, 5.41) is 0. The van der Waals surface area contributed by atoms with Crippen LogP contribution in [0.5, 0.6) is 0 Å². The van der Waals surface area contributed by atoms with Crippen LogP contribution < -0.4 is 0 Å². The van der Waals surface area contributed by atoms with Crippen LogP contribution in [0.3, 0.4) is 0 Å². The minimum absolute atomic E-state index is 0.211. The molecule has 2 atom stereocenters. The first-order chi connectivity index (χ1) is 5.60. The summed E-state index contributed by atoms with van der Waals surface area (Å²) in [4.78, 5) is 21.8. The summed E-state index contributed by atoms with van der Waals surface area (Å²) in [5.74, 6) is -0.493. The van der Waals surface area contributed by atoms with Crippen molar-refractivity contribution in [3.63, 3.8) is 0 Å². The van der Waals surface area contributed by atoms with Gasteiger partial charge in [0.2, 0.25) is 0 Å². The van der Waals surface area contributed by atoms with Gasteiger partial charge in [-0.1, -0.05) is 0 Å². The summed E-state index contributed by atoms with van der Waals surface area (Å²) >= 11 is 0. The molecule has 0 aromatic rings. The van der Waals surface area contributed by atoms with Gasteiger partial charge >= 0.3 is 11.9 Å². The van der Waals surface area contributed by atoms with E-state index in [-0.39, 0.29) is 24.5 Å². The lowest BCUT2D eigenvalue weighted by Crippen LogP contribution is -2.43. The molecule has 0 saturated carbocycles. The Morgan fingerprint density at radius 2 is 2.17 bits per heavy atom. The molecule has 4 heteroatoms. The summed E-state index contributed by atoms with van der Waals surface area (Å²) in [7, 11) is 0. The van der Waals surface area contributed by atoms with Gasteiger partial charge in [0.1, 0.15) is 5.60 Å². The van der Waals surface area contributed by atoms with Gasteiger partial charge in [0.05, 0.1) is 6.42 Å². The van der Waals surface area contributed by atoms with Crippen molar-refractivity contribution in [3.8, 4) is 0 Å². The summed E-state index contributed by atoms with van der Waals surface area (Å²) in [6.45, 7) is 1.81. The van der Waals surface area contributed by atoms with Crippen molar-refractivity contribution in [1.29, 1.82) is 0 Å². The molecule has 0 aliphatic carbocycles. The van der Waals surface area contributed by atoms with Gasteiger partial charge in [-0.2, -0.15) is 0 Å². The van der Waals surface area contributed by atoms with E-state index in [2.05, 4.69) is 0 Å². The van der Waals surface area contributed by atoms with Crippen molar-refractivity contribution in [3.05, 3.63) is 0 Å². The Hall–Kier alpha value is -1.06. The van der Waals surface area contributed by atoms with E-state index >= 15 is 0 Å². The number of carbonyl (C=O) groups is 2. The molecule has 2 aliphatic rings. The Morgan fingerprint density at radius 3 is 2.92 bits per heavy atom. The third-order valence-electron chi connectivity index (χ3n) is 2.48. The monoisotopic (exact) mass is 170 g/mol. The number of esters is 2. The standard InChI is InChI=1S/C8H10O4/c1-8-3-2-6(9)11-5(8)4-7(10)12-8/h5H,2-4H2,1H3/t5-,8-/m0/s1.